The number of thiophene rings is 1. The Hall–Kier alpha value is -3.65. The summed E-state index contributed by atoms with van der Waals surface area (Å²) in [6, 6.07) is 19.7. The van der Waals surface area contributed by atoms with Crippen molar-refractivity contribution in [3.05, 3.63) is 83.6 Å². The first kappa shape index (κ1) is 21.2. The molecule has 1 fully saturated rings. The van der Waals surface area contributed by atoms with Crippen molar-refractivity contribution in [3.63, 3.8) is 0 Å². The van der Waals surface area contributed by atoms with Crippen LogP contribution in [0.15, 0.2) is 72.1 Å². The van der Waals surface area contributed by atoms with E-state index >= 15 is 0 Å². The maximum Gasteiger partial charge on any atom is 0.272 e. The van der Waals surface area contributed by atoms with Crippen LogP contribution in [-0.4, -0.2) is 53.9 Å². The smallest absolute Gasteiger partial charge is 0.272 e. The molecule has 0 bridgehead atoms. The topological polar surface area (TPSA) is 50.6 Å². The van der Waals surface area contributed by atoms with Gasteiger partial charge in [-0.15, -0.1) is 11.3 Å². The lowest BCUT2D eigenvalue weighted by Gasteiger charge is -2.36. The summed E-state index contributed by atoms with van der Waals surface area (Å²) in [5.41, 5.74) is 2.87. The first-order chi connectivity index (χ1) is 16.1. The molecular formula is C25H23FN4O2S. The molecule has 3 heterocycles. The summed E-state index contributed by atoms with van der Waals surface area (Å²) < 4.78 is 20.6. The zero-order valence-electron chi connectivity index (χ0n) is 18.1. The minimum Gasteiger partial charge on any atom is -0.495 e. The lowest BCUT2D eigenvalue weighted by molar-refractivity contribution is 0.0737. The number of ether oxygens (including phenoxy) is 1. The quantitative estimate of drug-likeness (QED) is 0.431. The first-order valence-electron chi connectivity index (χ1n) is 10.7. The second-order valence-electron chi connectivity index (χ2n) is 7.73. The number of hydrogen-bond donors (Lipinski definition) is 0. The van der Waals surface area contributed by atoms with E-state index in [-0.39, 0.29) is 11.7 Å². The molecule has 2 aromatic carbocycles. The minimum atomic E-state index is -0.329. The molecule has 1 saturated heterocycles. The van der Waals surface area contributed by atoms with Crippen LogP contribution in [0.5, 0.6) is 5.75 Å². The highest BCUT2D eigenvalue weighted by atomic mass is 32.1. The Morgan fingerprint density at radius 3 is 2.45 bits per heavy atom. The standard InChI is InChI=1S/C25H23FN4O2S/c1-32-23-6-3-2-5-21(23)28-12-14-29(15-13-28)25(31)22-17-20(24-7-4-16-33-24)27-30(22)19-10-8-18(26)9-11-19/h2-11,16-17H,12-15H2,1H3. The number of benzene rings is 2. The average molecular weight is 463 g/mol. The zero-order valence-corrected chi connectivity index (χ0v) is 19.0. The van der Waals surface area contributed by atoms with Crippen molar-refractivity contribution < 1.29 is 13.9 Å². The molecule has 1 aliphatic rings. The second kappa shape index (κ2) is 9.07. The van der Waals surface area contributed by atoms with E-state index in [9.17, 15) is 9.18 Å². The van der Waals surface area contributed by atoms with Gasteiger partial charge >= 0.3 is 0 Å². The highest BCUT2D eigenvalue weighted by molar-refractivity contribution is 7.13. The van der Waals surface area contributed by atoms with Gasteiger partial charge in [-0.1, -0.05) is 18.2 Å². The fourth-order valence-electron chi connectivity index (χ4n) is 4.06. The molecule has 1 amide bonds. The highest BCUT2D eigenvalue weighted by Gasteiger charge is 2.27. The van der Waals surface area contributed by atoms with Crippen LogP contribution >= 0.6 is 11.3 Å². The molecule has 6 nitrogen and oxygen atoms in total. The van der Waals surface area contributed by atoms with Gasteiger partial charge < -0.3 is 14.5 Å². The molecule has 2 aromatic heterocycles. The predicted octanol–water partition coefficient (Wildman–Crippen LogP) is 4.71. The van der Waals surface area contributed by atoms with Gasteiger partial charge in [0.1, 0.15) is 23.0 Å². The van der Waals surface area contributed by atoms with Crippen LogP contribution in [0, 0.1) is 5.82 Å². The molecule has 1 aliphatic heterocycles. The third-order valence-electron chi connectivity index (χ3n) is 5.77. The van der Waals surface area contributed by atoms with E-state index in [1.54, 1.807) is 35.3 Å². The number of nitrogens with zero attached hydrogens (tertiary/aromatic N) is 4. The molecule has 5 rings (SSSR count). The van der Waals surface area contributed by atoms with E-state index in [0.717, 1.165) is 22.0 Å². The van der Waals surface area contributed by atoms with Gasteiger partial charge in [-0.2, -0.15) is 5.10 Å². The third kappa shape index (κ3) is 4.21. The van der Waals surface area contributed by atoms with Gasteiger partial charge in [0, 0.05) is 26.2 Å². The molecule has 0 aliphatic carbocycles. The van der Waals surface area contributed by atoms with Gasteiger partial charge in [0.05, 0.1) is 23.4 Å². The molecular weight excluding hydrogens is 439 g/mol. The Balaban J connectivity index is 1.41. The van der Waals surface area contributed by atoms with E-state index in [1.807, 2.05) is 52.7 Å². The van der Waals surface area contributed by atoms with Crippen LogP contribution < -0.4 is 9.64 Å². The van der Waals surface area contributed by atoms with Crippen LogP contribution in [0.25, 0.3) is 16.3 Å². The number of amides is 1. The maximum absolute atomic E-state index is 13.6. The lowest BCUT2D eigenvalue weighted by Crippen LogP contribution is -2.49. The fourth-order valence-corrected chi connectivity index (χ4v) is 4.74. The molecule has 8 heteroatoms. The highest BCUT2D eigenvalue weighted by Crippen LogP contribution is 2.30. The van der Waals surface area contributed by atoms with Gasteiger partial charge in [-0.3, -0.25) is 4.79 Å². The van der Waals surface area contributed by atoms with Crippen molar-refractivity contribution in [2.45, 2.75) is 0 Å². The average Bonchev–Trinajstić information content (AvgIpc) is 3.55. The number of hydrogen-bond acceptors (Lipinski definition) is 5. The Kier molecular flexibility index (Phi) is 5.83. The molecule has 0 radical (unpaired) electrons. The second-order valence-corrected chi connectivity index (χ2v) is 8.68. The summed E-state index contributed by atoms with van der Waals surface area (Å²) >= 11 is 1.57. The molecule has 0 atom stereocenters. The van der Waals surface area contributed by atoms with Gasteiger partial charge in [0.2, 0.25) is 0 Å². The van der Waals surface area contributed by atoms with Crippen molar-refractivity contribution in [2.24, 2.45) is 0 Å². The molecule has 0 spiro atoms. The van der Waals surface area contributed by atoms with E-state index in [0.29, 0.717) is 37.6 Å². The molecule has 168 valence electrons. The summed E-state index contributed by atoms with van der Waals surface area (Å²) in [5.74, 6) is 0.409. The Morgan fingerprint density at radius 1 is 1.00 bits per heavy atom. The Bertz CT molecular complexity index is 1250. The normalized spacial score (nSPS) is 13.9. The number of methoxy groups -OCH3 is 1. The SMILES string of the molecule is COc1ccccc1N1CCN(C(=O)c2cc(-c3cccs3)nn2-c2ccc(F)cc2)CC1. The number of carbonyl (C=O) groups is 1. The van der Waals surface area contributed by atoms with Crippen molar-refractivity contribution in [3.8, 4) is 22.0 Å². The van der Waals surface area contributed by atoms with Crippen LogP contribution in [-0.2, 0) is 0 Å². The molecule has 33 heavy (non-hydrogen) atoms. The number of rotatable bonds is 5. The van der Waals surface area contributed by atoms with Crippen molar-refractivity contribution in [1.82, 2.24) is 14.7 Å². The van der Waals surface area contributed by atoms with Gasteiger partial charge in [-0.25, -0.2) is 9.07 Å². The number of piperazine rings is 1. The third-order valence-corrected chi connectivity index (χ3v) is 6.66. The first-order valence-corrected chi connectivity index (χ1v) is 11.6. The van der Waals surface area contributed by atoms with Crippen molar-refractivity contribution in [1.29, 1.82) is 0 Å². The monoisotopic (exact) mass is 462 g/mol. The largest absolute Gasteiger partial charge is 0.495 e. The van der Waals surface area contributed by atoms with Crippen LogP contribution in [0.1, 0.15) is 10.5 Å². The van der Waals surface area contributed by atoms with Gasteiger partial charge in [0.15, 0.2) is 0 Å². The fraction of sp³-hybridized carbons (Fsp3) is 0.200. The number of anilines is 1. The van der Waals surface area contributed by atoms with Crippen LogP contribution in [0.3, 0.4) is 0 Å². The van der Waals surface area contributed by atoms with E-state index in [4.69, 9.17) is 4.74 Å². The zero-order chi connectivity index (χ0) is 22.8. The summed E-state index contributed by atoms with van der Waals surface area (Å²) in [4.78, 5) is 18.6. The number of carbonyl (C=O) groups excluding carboxylic acids is 1. The number of aromatic nitrogens is 2. The summed E-state index contributed by atoms with van der Waals surface area (Å²) in [7, 11) is 1.67. The maximum atomic E-state index is 13.6. The Labute approximate surface area is 195 Å². The minimum absolute atomic E-state index is 0.0886. The van der Waals surface area contributed by atoms with Crippen LogP contribution in [0.4, 0.5) is 10.1 Å². The lowest BCUT2D eigenvalue weighted by atomic mass is 10.2. The van der Waals surface area contributed by atoms with E-state index in [2.05, 4.69) is 10.00 Å². The Morgan fingerprint density at radius 2 is 1.76 bits per heavy atom. The van der Waals surface area contributed by atoms with Gasteiger partial charge in [-0.05, 0) is 53.9 Å². The van der Waals surface area contributed by atoms with Crippen molar-refractivity contribution in [2.75, 3.05) is 38.2 Å². The van der Waals surface area contributed by atoms with E-state index in [1.165, 1.54) is 12.1 Å². The molecule has 4 aromatic rings. The van der Waals surface area contributed by atoms with Crippen LogP contribution in [0.2, 0.25) is 0 Å². The van der Waals surface area contributed by atoms with Gasteiger partial charge in [0.25, 0.3) is 5.91 Å². The van der Waals surface area contributed by atoms with E-state index < -0.39 is 0 Å². The molecule has 0 saturated carbocycles. The van der Waals surface area contributed by atoms with Crippen molar-refractivity contribution >= 4 is 22.9 Å². The number of halogens is 1. The molecule has 0 unspecified atom stereocenters. The predicted molar refractivity (Wildman–Crippen MR) is 128 cm³/mol. The number of para-hydroxylation sites is 2. The summed E-state index contributed by atoms with van der Waals surface area (Å²) in [6.45, 7) is 2.57. The molecule has 0 N–H and O–H groups in total. The summed E-state index contributed by atoms with van der Waals surface area (Å²) in [5, 5.41) is 6.66. The summed E-state index contributed by atoms with van der Waals surface area (Å²) in [6.07, 6.45) is 0.